The van der Waals surface area contributed by atoms with E-state index in [1.807, 2.05) is 13.8 Å². The van der Waals surface area contributed by atoms with Crippen LogP contribution in [0.4, 0.5) is 5.82 Å². The van der Waals surface area contributed by atoms with Crippen molar-refractivity contribution in [2.24, 2.45) is 0 Å². The van der Waals surface area contributed by atoms with Crippen molar-refractivity contribution >= 4 is 5.82 Å². The Labute approximate surface area is 89.4 Å². The summed E-state index contributed by atoms with van der Waals surface area (Å²) in [7, 11) is 1.57. The highest BCUT2D eigenvalue weighted by molar-refractivity contribution is 5.52. The predicted octanol–water partition coefficient (Wildman–Crippen LogP) is 1.45. The Hall–Kier alpha value is -1.54. The van der Waals surface area contributed by atoms with E-state index in [0.29, 0.717) is 23.7 Å². The van der Waals surface area contributed by atoms with Crippen molar-refractivity contribution in [2.75, 3.05) is 12.8 Å². The van der Waals surface area contributed by atoms with Gasteiger partial charge in [0.15, 0.2) is 0 Å². The molecular formula is C10H16N4O. The first-order valence-corrected chi connectivity index (χ1v) is 4.91. The first kappa shape index (κ1) is 11.5. The van der Waals surface area contributed by atoms with Gasteiger partial charge < -0.3 is 10.5 Å². The van der Waals surface area contributed by atoms with Crippen LogP contribution in [0.3, 0.4) is 0 Å². The van der Waals surface area contributed by atoms with E-state index in [1.165, 1.54) is 0 Å². The van der Waals surface area contributed by atoms with Crippen LogP contribution in [0.5, 0.6) is 0 Å². The number of nitriles is 1. The third kappa shape index (κ3) is 2.10. The monoisotopic (exact) mass is 208 g/mol. The summed E-state index contributed by atoms with van der Waals surface area (Å²) in [6.45, 7) is 4.38. The van der Waals surface area contributed by atoms with Crippen molar-refractivity contribution < 1.29 is 4.74 Å². The summed E-state index contributed by atoms with van der Waals surface area (Å²) in [4.78, 5) is 0. The average Bonchev–Trinajstić information content (AvgIpc) is 2.55. The molecule has 1 aromatic rings. The number of ether oxygens (including phenoxy) is 1. The lowest BCUT2D eigenvalue weighted by Crippen LogP contribution is -2.09. The summed E-state index contributed by atoms with van der Waals surface area (Å²) < 4.78 is 6.66. The minimum atomic E-state index is 0.197. The second-order valence-corrected chi connectivity index (χ2v) is 3.45. The lowest BCUT2D eigenvalue weighted by Gasteiger charge is -2.10. The molecule has 0 fully saturated rings. The largest absolute Gasteiger partial charge is 0.383 e. The molecule has 1 atom stereocenters. The SMILES string of the molecule is CCC(C)n1nc(COC)c(C#N)c1N. The van der Waals surface area contributed by atoms with Crippen LogP contribution in [0, 0.1) is 11.3 Å². The van der Waals surface area contributed by atoms with Crippen molar-refractivity contribution in [3.63, 3.8) is 0 Å². The van der Waals surface area contributed by atoms with Gasteiger partial charge in [0.25, 0.3) is 0 Å². The van der Waals surface area contributed by atoms with Crippen molar-refractivity contribution in [1.82, 2.24) is 9.78 Å². The fourth-order valence-corrected chi connectivity index (χ4v) is 1.36. The Kier molecular flexibility index (Phi) is 3.69. The Bertz CT molecular complexity index is 378. The highest BCUT2D eigenvalue weighted by Crippen LogP contribution is 2.21. The summed E-state index contributed by atoms with van der Waals surface area (Å²) in [5.74, 6) is 0.430. The van der Waals surface area contributed by atoms with Gasteiger partial charge in [0.05, 0.1) is 12.6 Å². The van der Waals surface area contributed by atoms with E-state index < -0.39 is 0 Å². The maximum absolute atomic E-state index is 8.95. The molecule has 15 heavy (non-hydrogen) atoms. The fourth-order valence-electron chi connectivity index (χ4n) is 1.36. The molecule has 1 unspecified atom stereocenters. The van der Waals surface area contributed by atoms with E-state index >= 15 is 0 Å². The highest BCUT2D eigenvalue weighted by atomic mass is 16.5. The van der Waals surface area contributed by atoms with Gasteiger partial charge in [0.2, 0.25) is 0 Å². The number of hydrogen-bond acceptors (Lipinski definition) is 4. The summed E-state index contributed by atoms with van der Waals surface area (Å²) in [5.41, 5.74) is 6.88. The molecule has 0 amide bonds. The van der Waals surface area contributed by atoms with Crippen molar-refractivity contribution in [2.45, 2.75) is 32.9 Å². The summed E-state index contributed by atoms with van der Waals surface area (Å²) >= 11 is 0. The van der Waals surface area contributed by atoms with Gasteiger partial charge in [-0.1, -0.05) is 6.92 Å². The van der Waals surface area contributed by atoms with Crippen LogP contribution < -0.4 is 5.73 Å². The van der Waals surface area contributed by atoms with Gasteiger partial charge in [-0.3, -0.25) is 0 Å². The van der Waals surface area contributed by atoms with Gasteiger partial charge in [0, 0.05) is 7.11 Å². The molecular weight excluding hydrogens is 192 g/mol. The number of nitrogens with zero attached hydrogens (tertiary/aromatic N) is 3. The number of methoxy groups -OCH3 is 1. The van der Waals surface area contributed by atoms with Gasteiger partial charge in [-0.05, 0) is 13.3 Å². The Morgan fingerprint density at radius 1 is 1.67 bits per heavy atom. The lowest BCUT2D eigenvalue weighted by molar-refractivity contribution is 0.180. The van der Waals surface area contributed by atoms with E-state index in [2.05, 4.69) is 11.2 Å². The molecule has 1 heterocycles. The summed E-state index contributed by atoms with van der Waals surface area (Å²) in [6, 6.07) is 2.26. The van der Waals surface area contributed by atoms with E-state index in [1.54, 1.807) is 11.8 Å². The molecule has 0 saturated carbocycles. The first-order valence-electron chi connectivity index (χ1n) is 4.91. The lowest BCUT2D eigenvalue weighted by atomic mass is 10.2. The molecule has 0 aliphatic heterocycles. The van der Waals surface area contributed by atoms with Crippen molar-refractivity contribution in [3.8, 4) is 6.07 Å². The first-order chi connectivity index (χ1) is 7.15. The average molecular weight is 208 g/mol. The minimum Gasteiger partial charge on any atom is -0.383 e. The molecule has 0 aromatic carbocycles. The van der Waals surface area contributed by atoms with Crippen LogP contribution >= 0.6 is 0 Å². The minimum absolute atomic E-state index is 0.197. The fraction of sp³-hybridized carbons (Fsp3) is 0.600. The zero-order valence-corrected chi connectivity index (χ0v) is 9.32. The normalized spacial score (nSPS) is 12.4. The van der Waals surface area contributed by atoms with Gasteiger partial charge in [0.1, 0.15) is 23.1 Å². The van der Waals surface area contributed by atoms with Gasteiger partial charge in [-0.25, -0.2) is 4.68 Å². The molecule has 0 spiro atoms. The molecule has 0 aliphatic carbocycles. The van der Waals surface area contributed by atoms with Crippen molar-refractivity contribution in [3.05, 3.63) is 11.3 Å². The molecule has 0 bridgehead atoms. The van der Waals surface area contributed by atoms with Gasteiger partial charge >= 0.3 is 0 Å². The van der Waals surface area contributed by atoms with E-state index in [0.717, 1.165) is 6.42 Å². The molecule has 1 rings (SSSR count). The number of hydrogen-bond donors (Lipinski definition) is 1. The summed E-state index contributed by atoms with van der Waals surface area (Å²) in [6.07, 6.45) is 0.920. The Morgan fingerprint density at radius 3 is 2.80 bits per heavy atom. The standard InChI is InChI=1S/C10H16N4O/c1-4-7(2)14-10(12)8(5-11)9(13-14)6-15-3/h7H,4,6,12H2,1-3H3. The number of aromatic nitrogens is 2. The third-order valence-corrected chi connectivity index (χ3v) is 2.42. The van der Waals surface area contributed by atoms with Crippen LogP contribution in [0.2, 0.25) is 0 Å². The Balaban J connectivity index is 3.16. The number of nitrogen functional groups attached to an aromatic ring is 1. The van der Waals surface area contributed by atoms with E-state index in [9.17, 15) is 0 Å². The second kappa shape index (κ2) is 4.80. The molecule has 5 heteroatoms. The highest BCUT2D eigenvalue weighted by Gasteiger charge is 2.17. The van der Waals surface area contributed by atoms with Gasteiger partial charge in [-0.2, -0.15) is 10.4 Å². The van der Waals surface area contributed by atoms with Crippen LogP contribution in [0.15, 0.2) is 0 Å². The van der Waals surface area contributed by atoms with E-state index in [4.69, 9.17) is 15.7 Å². The number of rotatable bonds is 4. The third-order valence-electron chi connectivity index (χ3n) is 2.42. The topological polar surface area (TPSA) is 76.9 Å². The molecule has 0 saturated heterocycles. The molecule has 1 aromatic heterocycles. The van der Waals surface area contributed by atoms with E-state index in [-0.39, 0.29) is 6.04 Å². The van der Waals surface area contributed by atoms with Gasteiger partial charge in [-0.15, -0.1) is 0 Å². The zero-order valence-electron chi connectivity index (χ0n) is 9.32. The maximum atomic E-state index is 8.95. The smallest absolute Gasteiger partial charge is 0.140 e. The second-order valence-electron chi connectivity index (χ2n) is 3.45. The number of nitrogens with two attached hydrogens (primary N) is 1. The molecule has 2 N–H and O–H groups in total. The van der Waals surface area contributed by atoms with Crippen molar-refractivity contribution in [1.29, 1.82) is 5.26 Å². The Morgan fingerprint density at radius 2 is 2.33 bits per heavy atom. The quantitative estimate of drug-likeness (QED) is 0.812. The zero-order chi connectivity index (χ0) is 11.4. The van der Waals surface area contributed by atoms with Crippen LogP contribution in [0.25, 0.3) is 0 Å². The molecule has 5 nitrogen and oxygen atoms in total. The molecule has 82 valence electrons. The summed E-state index contributed by atoms with van der Waals surface area (Å²) in [5, 5.41) is 13.2. The predicted molar refractivity (Wildman–Crippen MR) is 57.1 cm³/mol. The molecule has 0 radical (unpaired) electrons. The van der Waals surface area contributed by atoms with Crippen LogP contribution in [-0.2, 0) is 11.3 Å². The van der Waals surface area contributed by atoms with Crippen LogP contribution in [-0.4, -0.2) is 16.9 Å². The maximum Gasteiger partial charge on any atom is 0.140 e. The molecule has 0 aliphatic rings. The number of anilines is 1. The van der Waals surface area contributed by atoms with Crippen LogP contribution in [0.1, 0.15) is 37.6 Å².